The Kier molecular flexibility index (Phi) is 3.86. The van der Waals surface area contributed by atoms with Gasteiger partial charge in [0.2, 0.25) is 5.91 Å². The first-order valence-electron chi connectivity index (χ1n) is 7.17. The second-order valence-electron chi connectivity index (χ2n) is 5.05. The van der Waals surface area contributed by atoms with Crippen molar-refractivity contribution in [1.82, 2.24) is 25.1 Å². The minimum atomic E-state index is -0.151. The summed E-state index contributed by atoms with van der Waals surface area (Å²) in [5.41, 5.74) is 0.827. The molecule has 0 aliphatic rings. The van der Waals surface area contributed by atoms with Gasteiger partial charge in [-0.2, -0.15) is 0 Å². The van der Waals surface area contributed by atoms with Crippen molar-refractivity contribution in [3.05, 3.63) is 42.4 Å². The van der Waals surface area contributed by atoms with Crippen LogP contribution in [0, 0.1) is 0 Å². The molecular weight excluding hydrogens is 282 g/mol. The lowest BCUT2D eigenvalue weighted by atomic mass is 10.2. The SMILES string of the molecule is CCN(C(=O)Cn1cnnn1)[C@@H](C)c1cc2ccccc2o1. The number of likely N-dealkylation sites (N-methyl/N-ethyl adjacent to an activating group) is 1. The molecule has 0 radical (unpaired) electrons. The zero-order valence-electron chi connectivity index (χ0n) is 12.5. The number of tetrazole rings is 1. The smallest absolute Gasteiger partial charge is 0.245 e. The van der Waals surface area contributed by atoms with Crippen LogP contribution in [-0.2, 0) is 11.3 Å². The first-order valence-corrected chi connectivity index (χ1v) is 7.17. The van der Waals surface area contributed by atoms with E-state index in [0.717, 1.165) is 16.7 Å². The molecule has 0 spiro atoms. The monoisotopic (exact) mass is 299 g/mol. The summed E-state index contributed by atoms with van der Waals surface area (Å²) in [5.74, 6) is 0.718. The summed E-state index contributed by atoms with van der Waals surface area (Å²) in [6.45, 7) is 4.60. The Balaban J connectivity index is 1.81. The average molecular weight is 299 g/mol. The first kappa shape index (κ1) is 14.2. The minimum absolute atomic E-state index is 0.0530. The van der Waals surface area contributed by atoms with E-state index < -0.39 is 0 Å². The van der Waals surface area contributed by atoms with E-state index in [4.69, 9.17) is 4.42 Å². The van der Waals surface area contributed by atoms with E-state index in [1.54, 1.807) is 4.90 Å². The highest BCUT2D eigenvalue weighted by Crippen LogP contribution is 2.27. The molecule has 2 heterocycles. The van der Waals surface area contributed by atoms with Crippen LogP contribution in [-0.4, -0.2) is 37.6 Å². The van der Waals surface area contributed by atoms with Crippen molar-refractivity contribution in [2.24, 2.45) is 0 Å². The number of nitrogens with zero attached hydrogens (tertiary/aromatic N) is 5. The molecule has 0 saturated carbocycles. The maximum absolute atomic E-state index is 12.4. The Labute approximate surface area is 127 Å². The molecule has 0 N–H and O–H groups in total. The van der Waals surface area contributed by atoms with Crippen LogP contribution in [0.4, 0.5) is 0 Å². The van der Waals surface area contributed by atoms with E-state index in [1.807, 2.05) is 44.2 Å². The Bertz CT molecular complexity index is 732. The summed E-state index contributed by atoms with van der Waals surface area (Å²) in [4.78, 5) is 14.2. The van der Waals surface area contributed by atoms with Crippen molar-refractivity contribution >= 4 is 16.9 Å². The molecule has 3 rings (SSSR count). The summed E-state index contributed by atoms with van der Waals surface area (Å²) in [5, 5.41) is 11.8. The first-order chi connectivity index (χ1) is 10.7. The molecule has 0 bridgehead atoms. The van der Waals surface area contributed by atoms with E-state index in [0.29, 0.717) is 6.54 Å². The van der Waals surface area contributed by atoms with Crippen molar-refractivity contribution in [3.63, 3.8) is 0 Å². The number of hydrogen-bond acceptors (Lipinski definition) is 5. The van der Waals surface area contributed by atoms with Gasteiger partial charge in [0.05, 0.1) is 6.04 Å². The predicted octanol–water partition coefficient (Wildman–Crippen LogP) is 2.03. The summed E-state index contributed by atoms with van der Waals surface area (Å²) < 4.78 is 7.27. The predicted molar refractivity (Wildman–Crippen MR) is 79.8 cm³/mol. The topological polar surface area (TPSA) is 77.1 Å². The molecule has 1 atom stereocenters. The van der Waals surface area contributed by atoms with Crippen LogP contribution in [0.2, 0.25) is 0 Å². The number of carbonyl (C=O) groups is 1. The standard InChI is InChI=1S/C15H17N5O2/c1-3-20(15(21)9-19-10-16-17-18-19)11(2)14-8-12-6-4-5-7-13(12)22-14/h4-8,10-11H,3,9H2,1-2H3/t11-/m0/s1. The molecule has 1 aromatic carbocycles. The van der Waals surface area contributed by atoms with Gasteiger partial charge in [0.15, 0.2) is 0 Å². The molecule has 0 unspecified atom stereocenters. The molecule has 0 aliphatic heterocycles. The molecule has 22 heavy (non-hydrogen) atoms. The molecule has 2 aromatic heterocycles. The number of aromatic nitrogens is 4. The number of fused-ring (bicyclic) bond motifs is 1. The third-order valence-electron chi connectivity index (χ3n) is 3.67. The van der Waals surface area contributed by atoms with Gasteiger partial charge in [-0.3, -0.25) is 4.79 Å². The number of hydrogen-bond donors (Lipinski definition) is 0. The van der Waals surface area contributed by atoms with Crippen molar-refractivity contribution in [2.45, 2.75) is 26.4 Å². The molecule has 0 aliphatic carbocycles. The molecular formula is C15H17N5O2. The van der Waals surface area contributed by atoms with E-state index in [1.165, 1.54) is 11.0 Å². The van der Waals surface area contributed by atoms with Crippen LogP contribution >= 0.6 is 0 Å². The summed E-state index contributed by atoms with van der Waals surface area (Å²) >= 11 is 0. The van der Waals surface area contributed by atoms with Crippen molar-refractivity contribution in [3.8, 4) is 0 Å². The fraction of sp³-hybridized carbons (Fsp3) is 0.333. The molecule has 0 fully saturated rings. The lowest BCUT2D eigenvalue weighted by Gasteiger charge is -2.26. The van der Waals surface area contributed by atoms with Crippen molar-refractivity contribution < 1.29 is 9.21 Å². The van der Waals surface area contributed by atoms with Gasteiger partial charge in [0, 0.05) is 11.9 Å². The van der Waals surface area contributed by atoms with Crippen LogP contribution in [0.25, 0.3) is 11.0 Å². The second-order valence-corrected chi connectivity index (χ2v) is 5.05. The summed E-state index contributed by atoms with van der Waals surface area (Å²) in [7, 11) is 0. The van der Waals surface area contributed by atoms with Gasteiger partial charge < -0.3 is 9.32 Å². The molecule has 7 heteroatoms. The van der Waals surface area contributed by atoms with Crippen LogP contribution in [0.5, 0.6) is 0 Å². The maximum atomic E-state index is 12.4. The van der Waals surface area contributed by atoms with Gasteiger partial charge in [-0.15, -0.1) is 5.10 Å². The summed E-state index contributed by atoms with van der Waals surface area (Å²) in [6.07, 6.45) is 1.43. The van der Waals surface area contributed by atoms with Gasteiger partial charge in [0.1, 0.15) is 24.2 Å². The molecule has 3 aromatic rings. The van der Waals surface area contributed by atoms with E-state index in [-0.39, 0.29) is 18.5 Å². The molecule has 1 amide bonds. The van der Waals surface area contributed by atoms with Gasteiger partial charge >= 0.3 is 0 Å². The largest absolute Gasteiger partial charge is 0.459 e. The normalized spacial score (nSPS) is 12.5. The van der Waals surface area contributed by atoms with Crippen LogP contribution in [0.3, 0.4) is 0 Å². The quantitative estimate of drug-likeness (QED) is 0.720. The zero-order chi connectivity index (χ0) is 15.5. The molecule has 0 saturated heterocycles. The third kappa shape index (κ3) is 2.69. The van der Waals surface area contributed by atoms with Gasteiger partial charge in [0.25, 0.3) is 0 Å². The van der Waals surface area contributed by atoms with Crippen molar-refractivity contribution in [1.29, 1.82) is 0 Å². The van der Waals surface area contributed by atoms with Gasteiger partial charge in [-0.1, -0.05) is 18.2 Å². The fourth-order valence-electron chi connectivity index (χ4n) is 2.51. The van der Waals surface area contributed by atoms with Gasteiger partial charge in [-0.05, 0) is 36.4 Å². The lowest BCUT2D eigenvalue weighted by molar-refractivity contribution is -0.134. The number of furan rings is 1. The summed E-state index contributed by atoms with van der Waals surface area (Å²) in [6, 6.07) is 9.64. The number of rotatable bonds is 5. The van der Waals surface area contributed by atoms with E-state index in [9.17, 15) is 4.79 Å². The molecule has 114 valence electrons. The zero-order valence-corrected chi connectivity index (χ0v) is 12.5. The highest BCUT2D eigenvalue weighted by molar-refractivity contribution is 5.79. The van der Waals surface area contributed by atoms with Crippen LogP contribution in [0.15, 0.2) is 41.1 Å². The number of amides is 1. The highest BCUT2D eigenvalue weighted by atomic mass is 16.3. The number of para-hydroxylation sites is 1. The second kappa shape index (κ2) is 5.97. The Morgan fingerprint density at radius 1 is 1.41 bits per heavy atom. The third-order valence-corrected chi connectivity index (χ3v) is 3.67. The number of benzene rings is 1. The minimum Gasteiger partial charge on any atom is -0.459 e. The number of carbonyl (C=O) groups excluding carboxylic acids is 1. The highest BCUT2D eigenvalue weighted by Gasteiger charge is 2.23. The van der Waals surface area contributed by atoms with Gasteiger partial charge in [-0.25, -0.2) is 4.68 Å². The maximum Gasteiger partial charge on any atom is 0.245 e. The van der Waals surface area contributed by atoms with E-state index in [2.05, 4.69) is 15.5 Å². The Morgan fingerprint density at radius 2 is 2.23 bits per heavy atom. The van der Waals surface area contributed by atoms with Crippen LogP contribution < -0.4 is 0 Å². The Hall–Kier alpha value is -2.70. The Morgan fingerprint density at radius 3 is 2.91 bits per heavy atom. The van der Waals surface area contributed by atoms with E-state index >= 15 is 0 Å². The van der Waals surface area contributed by atoms with Crippen molar-refractivity contribution in [2.75, 3.05) is 6.54 Å². The molecule has 7 nitrogen and oxygen atoms in total. The average Bonchev–Trinajstić information content (AvgIpc) is 3.16. The fourth-order valence-corrected chi connectivity index (χ4v) is 2.51. The van der Waals surface area contributed by atoms with Crippen LogP contribution in [0.1, 0.15) is 25.6 Å². The lowest BCUT2D eigenvalue weighted by Crippen LogP contribution is -2.35.